The molecule has 1 amide bonds. The molecule has 3 saturated carbocycles. The summed E-state index contributed by atoms with van der Waals surface area (Å²) in [5.74, 6) is 0.0514. The number of alkyl halides is 3. The van der Waals surface area contributed by atoms with Crippen molar-refractivity contribution in [3.05, 3.63) is 36.0 Å². The molecule has 0 aromatic heterocycles. The lowest BCUT2D eigenvalue weighted by Gasteiger charge is -2.41. The number of aliphatic imine (C=N–C) groups is 1. The van der Waals surface area contributed by atoms with Crippen molar-refractivity contribution < 1.29 is 26.4 Å². The second-order valence-corrected chi connectivity index (χ2v) is 12.6. The van der Waals surface area contributed by atoms with Crippen LogP contribution in [0.15, 0.2) is 45.9 Å². The van der Waals surface area contributed by atoms with E-state index in [0.29, 0.717) is 24.9 Å². The molecule has 3 atom stereocenters. The van der Waals surface area contributed by atoms with Crippen LogP contribution in [-0.2, 0) is 14.6 Å². The van der Waals surface area contributed by atoms with Crippen molar-refractivity contribution in [1.29, 1.82) is 5.26 Å². The van der Waals surface area contributed by atoms with Crippen LogP contribution in [0.4, 0.5) is 18.9 Å². The van der Waals surface area contributed by atoms with E-state index in [1.54, 1.807) is 0 Å². The van der Waals surface area contributed by atoms with Crippen LogP contribution in [0, 0.1) is 29.1 Å². The van der Waals surface area contributed by atoms with E-state index in [0.717, 1.165) is 42.5 Å². The Balaban J connectivity index is 1.43. The van der Waals surface area contributed by atoms with Gasteiger partial charge in [-0.2, -0.15) is 18.4 Å². The van der Waals surface area contributed by atoms with Crippen LogP contribution >= 0.6 is 0 Å². The quantitative estimate of drug-likeness (QED) is 0.223. The molecule has 0 unspecified atom stereocenters. The molecule has 0 spiro atoms. The molecule has 3 aliphatic carbocycles. The summed E-state index contributed by atoms with van der Waals surface area (Å²) in [5.41, 5.74) is 5.87. The maximum Gasteiger partial charge on any atom is 0.501 e. The SMILES string of the molecule is CN(C(C1CC1)C1CC1)[C@H]1CC[C@H](N/C=C(/C(N)=O)C(N)=Nc2ccc(S(=O)(=O)C(F)(F)F)cc2)[C@@H](C#N)C1. The van der Waals surface area contributed by atoms with E-state index in [-0.39, 0.29) is 29.1 Å². The van der Waals surface area contributed by atoms with E-state index in [2.05, 4.69) is 28.3 Å². The number of nitrogens with zero attached hydrogens (tertiary/aromatic N) is 3. The average molecular weight is 567 g/mol. The fraction of sp³-hybridized carbons (Fsp3) is 0.577. The zero-order valence-corrected chi connectivity index (χ0v) is 22.4. The first kappa shape index (κ1) is 28.9. The molecule has 3 fully saturated rings. The molecule has 212 valence electrons. The van der Waals surface area contributed by atoms with E-state index < -0.39 is 26.1 Å². The summed E-state index contributed by atoms with van der Waals surface area (Å²) in [6.45, 7) is 0. The number of nitriles is 1. The normalized spacial score (nSPS) is 25.0. The number of rotatable bonds is 10. The number of benzene rings is 1. The lowest BCUT2D eigenvalue weighted by molar-refractivity contribution is -0.114. The second-order valence-electron chi connectivity index (χ2n) is 10.7. The minimum atomic E-state index is -5.50. The van der Waals surface area contributed by atoms with Crippen molar-refractivity contribution >= 4 is 27.3 Å². The molecular formula is C26H33F3N6O3S. The Morgan fingerprint density at radius 3 is 2.21 bits per heavy atom. The van der Waals surface area contributed by atoms with Crippen molar-refractivity contribution in [2.75, 3.05) is 7.05 Å². The Kier molecular flexibility index (Phi) is 8.28. The first-order chi connectivity index (χ1) is 18.3. The van der Waals surface area contributed by atoms with Gasteiger partial charge in [0.2, 0.25) is 0 Å². The number of nitrogens with two attached hydrogens (primary N) is 2. The molecule has 1 aromatic carbocycles. The Hall–Kier alpha value is -3.11. The van der Waals surface area contributed by atoms with Crippen LogP contribution in [0.3, 0.4) is 0 Å². The van der Waals surface area contributed by atoms with Crippen molar-refractivity contribution in [3.8, 4) is 6.07 Å². The molecule has 13 heteroatoms. The third-order valence-corrected chi connectivity index (χ3v) is 9.43. The van der Waals surface area contributed by atoms with E-state index in [4.69, 9.17) is 11.5 Å². The standard InChI is InChI=1S/C26H33F3N6O3S/c1-35(23(15-2-3-15)16-4-5-16)19-8-11-22(17(12-19)13-30)33-14-21(25(32)36)24(31)34-18-6-9-20(10-7-18)39(37,38)26(27,28)29/h6-7,9-10,14-17,19,22-23,33H,2-5,8,11-12H2,1H3,(H2,31,34)(H2,32,36)/b21-14+/t17-,19+,22+/m1/s1. The first-order valence-corrected chi connectivity index (χ1v) is 14.4. The highest BCUT2D eigenvalue weighted by molar-refractivity contribution is 7.92. The highest BCUT2D eigenvalue weighted by Crippen LogP contribution is 2.48. The topological polar surface area (TPSA) is 155 Å². The zero-order valence-electron chi connectivity index (χ0n) is 21.6. The monoisotopic (exact) mass is 566 g/mol. The number of nitrogens with one attached hydrogen (secondary N) is 1. The van der Waals surface area contributed by atoms with Gasteiger partial charge in [0.15, 0.2) is 0 Å². The van der Waals surface area contributed by atoms with Gasteiger partial charge in [-0.25, -0.2) is 13.4 Å². The third kappa shape index (κ3) is 6.55. The molecule has 0 saturated heterocycles. The van der Waals surface area contributed by atoms with Gasteiger partial charge in [0.1, 0.15) is 5.84 Å². The van der Waals surface area contributed by atoms with Gasteiger partial charge in [0, 0.05) is 24.3 Å². The molecule has 0 radical (unpaired) electrons. The van der Waals surface area contributed by atoms with Gasteiger partial charge in [0.05, 0.1) is 28.1 Å². The minimum absolute atomic E-state index is 0.0279. The highest BCUT2D eigenvalue weighted by Gasteiger charge is 2.47. The number of sulfone groups is 1. The number of carbonyl (C=O) groups is 1. The number of carbonyl (C=O) groups excluding carboxylic acids is 1. The molecule has 39 heavy (non-hydrogen) atoms. The van der Waals surface area contributed by atoms with E-state index >= 15 is 0 Å². The number of halogens is 3. The average Bonchev–Trinajstić information content (AvgIpc) is 3.80. The van der Waals surface area contributed by atoms with Crippen LogP contribution in [0.2, 0.25) is 0 Å². The van der Waals surface area contributed by atoms with E-state index in [1.165, 1.54) is 31.9 Å². The number of hydrogen-bond donors (Lipinski definition) is 3. The van der Waals surface area contributed by atoms with Crippen LogP contribution in [-0.4, -0.2) is 55.7 Å². The largest absolute Gasteiger partial charge is 0.501 e. The van der Waals surface area contributed by atoms with Crippen molar-refractivity contribution in [1.82, 2.24) is 10.2 Å². The number of primary amides is 1. The smallest absolute Gasteiger partial charge is 0.386 e. The molecule has 0 aliphatic heterocycles. The molecule has 0 bridgehead atoms. The summed E-state index contributed by atoms with van der Waals surface area (Å²) in [6.07, 6.45) is 8.77. The van der Waals surface area contributed by atoms with Gasteiger partial charge >= 0.3 is 5.51 Å². The molecule has 5 N–H and O–H groups in total. The van der Waals surface area contributed by atoms with Crippen LogP contribution in [0.25, 0.3) is 0 Å². The minimum Gasteiger partial charge on any atom is -0.386 e. The van der Waals surface area contributed by atoms with Gasteiger partial charge in [-0.1, -0.05) is 0 Å². The predicted molar refractivity (Wildman–Crippen MR) is 139 cm³/mol. The zero-order chi connectivity index (χ0) is 28.5. The number of amides is 1. The van der Waals surface area contributed by atoms with Gasteiger partial charge < -0.3 is 16.8 Å². The predicted octanol–water partition coefficient (Wildman–Crippen LogP) is 3.11. The molecule has 1 aromatic rings. The summed E-state index contributed by atoms with van der Waals surface area (Å²) in [7, 11) is -3.32. The third-order valence-electron chi connectivity index (χ3n) is 7.93. The molecule has 3 aliphatic rings. The van der Waals surface area contributed by atoms with Crippen LogP contribution < -0.4 is 16.8 Å². The second kappa shape index (κ2) is 11.2. The maximum absolute atomic E-state index is 12.8. The van der Waals surface area contributed by atoms with Crippen LogP contribution in [0.1, 0.15) is 44.9 Å². The summed E-state index contributed by atoms with van der Waals surface area (Å²) in [6, 6.07) is 6.66. The summed E-state index contributed by atoms with van der Waals surface area (Å²) in [5, 5.41) is 13.0. The summed E-state index contributed by atoms with van der Waals surface area (Å²) >= 11 is 0. The Bertz CT molecular complexity index is 1270. The highest BCUT2D eigenvalue weighted by atomic mass is 32.2. The molecule has 0 heterocycles. The summed E-state index contributed by atoms with van der Waals surface area (Å²) < 4.78 is 61.3. The van der Waals surface area contributed by atoms with E-state index in [1.807, 2.05) is 0 Å². The Morgan fingerprint density at radius 1 is 1.13 bits per heavy atom. The van der Waals surface area contributed by atoms with Crippen molar-refractivity contribution in [2.45, 2.75) is 73.5 Å². The Labute approximate surface area is 226 Å². The lowest BCUT2D eigenvalue weighted by Crippen LogP contribution is -2.49. The molecule has 4 rings (SSSR count). The van der Waals surface area contributed by atoms with Gasteiger partial charge in [-0.3, -0.25) is 9.69 Å². The maximum atomic E-state index is 12.8. The fourth-order valence-electron chi connectivity index (χ4n) is 5.52. The van der Waals surface area contributed by atoms with Crippen molar-refractivity contribution in [3.63, 3.8) is 0 Å². The Morgan fingerprint density at radius 2 is 1.72 bits per heavy atom. The van der Waals surface area contributed by atoms with Crippen molar-refractivity contribution in [2.24, 2.45) is 34.2 Å². The van der Waals surface area contributed by atoms with Crippen LogP contribution in [0.5, 0.6) is 0 Å². The van der Waals surface area contributed by atoms with Gasteiger partial charge in [-0.15, -0.1) is 0 Å². The van der Waals surface area contributed by atoms with Gasteiger partial charge in [-0.05, 0) is 88.1 Å². The number of amidine groups is 1. The summed E-state index contributed by atoms with van der Waals surface area (Å²) in [4.78, 5) is 17.6. The molecule has 9 nitrogen and oxygen atoms in total. The lowest BCUT2D eigenvalue weighted by atomic mass is 9.81. The van der Waals surface area contributed by atoms with E-state index in [9.17, 15) is 31.6 Å². The van der Waals surface area contributed by atoms with Gasteiger partial charge in [0.25, 0.3) is 15.7 Å². The number of hydrogen-bond acceptors (Lipinski definition) is 7. The fourth-order valence-corrected chi connectivity index (χ4v) is 6.29. The first-order valence-electron chi connectivity index (χ1n) is 13.0. The molecular weight excluding hydrogens is 533 g/mol.